The Bertz CT molecular complexity index is 1440. The van der Waals surface area contributed by atoms with E-state index in [4.69, 9.17) is 0 Å². The van der Waals surface area contributed by atoms with Gasteiger partial charge in [0, 0.05) is 18.8 Å². The number of rotatable bonds is 3. The van der Waals surface area contributed by atoms with E-state index < -0.39 is 11.8 Å². The van der Waals surface area contributed by atoms with Crippen molar-refractivity contribution >= 4 is 40.1 Å². The van der Waals surface area contributed by atoms with Crippen LogP contribution >= 0.6 is 0 Å². The maximum absolute atomic E-state index is 13.4. The van der Waals surface area contributed by atoms with Gasteiger partial charge in [0.15, 0.2) is 5.65 Å². The lowest BCUT2D eigenvalue weighted by atomic mass is 10.1. The van der Waals surface area contributed by atoms with Crippen molar-refractivity contribution in [2.75, 3.05) is 10.2 Å². The van der Waals surface area contributed by atoms with Gasteiger partial charge in [0.05, 0.1) is 33.6 Å². The van der Waals surface area contributed by atoms with E-state index in [1.54, 1.807) is 35.9 Å². The molecule has 0 saturated carbocycles. The number of nitrogens with one attached hydrogen (secondary N) is 1. The lowest BCUT2D eigenvalue weighted by molar-refractivity contribution is -0.114. The molecule has 0 bridgehead atoms. The highest BCUT2D eigenvalue weighted by molar-refractivity contribution is 6.37. The van der Waals surface area contributed by atoms with Gasteiger partial charge >= 0.3 is 0 Å². The third kappa shape index (κ3) is 2.96. The van der Waals surface area contributed by atoms with Gasteiger partial charge in [-0.2, -0.15) is 5.10 Å². The van der Waals surface area contributed by atoms with Crippen LogP contribution in [0.1, 0.15) is 38.9 Å². The minimum absolute atomic E-state index is 0.201. The van der Waals surface area contributed by atoms with E-state index in [9.17, 15) is 14.4 Å². The van der Waals surface area contributed by atoms with Gasteiger partial charge in [-0.05, 0) is 55.8 Å². The molecule has 2 aromatic carbocycles. The summed E-state index contributed by atoms with van der Waals surface area (Å²) in [5.41, 5.74) is 4.61. The summed E-state index contributed by atoms with van der Waals surface area (Å²) in [7, 11) is 0. The van der Waals surface area contributed by atoms with E-state index in [2.05, 4.69) is 15.4 Å². The van der Waals surface area contributed by atoms with Crippen LogP contribution in [0.2, 0.25) is 0 Å². The lowest BCUT2D eigenvalue weighted by Crippen LogP contribution is -2.29. The van der Waals surface area contributed by atoms with Crippen molar-refractivity contribution in [2.45, 2.75) is 20.8 Å². The zero-order valence-electron chi connectivity index (χ0n) is 17.7. The van der Waals surface area contributed by atoms with Gasteiger partial charge in [0.2, 0.25) is 5.91 Å². The first-order valence-corrected chi connectivity index (χ1v) is 10.1. The molecule has 0 aliphatic carbocycles. The van der Waals surface area contributed by atoms with Gasteiger partial charge in [-0.3, -0.25) is 14.4 Å². The van der Waals surface area contributed by atoms with Crippen molar-refractivity contribution in [1.29, 1.82) is 0 Å². The van der Waals surface area contributed by atoms with E-state index >= 15 is 0 Å². The van der Waals surface area contributed by atoms with Crippen LogP contribution in [-0.2, 0) is 4.79 Å². The number of fused-ring (bicyclic) bond motifs is 3. The number of aryl methyl sites for hydroxylation is 2. The summed E-state index contributed by atoms with van der Waals surface area (Å²) >= 11 is 0. The molecule has 0 atom stereocenters. The maximum atomic E-state index is 13.4. The summed E-state index contributed by atoms with van der Waals surface area (Å²) in [6.45, 7) is 5.21. The van der Waals surface area contributed by atoms with Gasteiger partial charge in [-0.15, -0.1) is 0 Å². The topological polar surface area (TPSA) is 97.2 Å². The molecule has 2 aromatic heterocycles. The molecule has 0 unspecified atom stereocenters. The average Bonchev–Trinajstić information content (AvgIpc) is 3.22. The van der Waals surface area contributed by atoms with Gasteiger partial charge in [0.25, 0.3) is 11.8 Å². The van der Waals surface area contributed by atoms with Gasteiger partial charge < -0.3 is 5.32 Å². The van der Waals surface area contributed by atoms with Crippen LogP contribution in [0.25, 0.3) is 16.7 Å². The number of imide groups is 1. The second-order valence-electron chi connectivity index (χ2n) is 7.76. The first-order chi connectivity index (χ1) is 15.3. The van der Waals surface area contributed by atoms with Crippen molar-refractivity contribution in [1.82, 2.24) is 14.8 Å². The van der Waals surface area contributed by atoms with Crippen LogP contribution in [0.5, 0.6) is 0 Å². The summed E-state index contributed by atoms with van der Waals surface area (Å²) in [6.07, 6.45) is 1.44. The Morgan fingerprint density at radius 2 is 1.72 bits per heavy atom. The zero-order valence-corrected chi connectivity index (χ0v) is 17.7. The Hall–Kier alpha value is -4.33. The van der Waals surface area contributed by atoms with Crippen LogP contribution < -0.4 is 10.2 Å². The van der Waals surface area contributed by atoms with Gasteiger partial charge in [0.1, 0.15) is 0 Å². The zero-order chi connectivity index (χ0) is 22.6. The third-order valence-electron chi connectivity index (χ3n) is 5.41. The SMILES string of the molecule is CC(=O)Nc1ccc(N2C(=O)c3cnc4c(c(C)nn4-c4cccc(C)c4)c3C2=O)cc1. The second-order valence-corrected chi connectivity index (χ2v) is 7.76. The largest absolute Gasteiger partial charge is 0.326 e. The number of carbonyl (C=O) groups is 3. The number of nitrogens with zero attached hydrogens (tertiary/aromatic N) is 4. The Morgan fingerprint density at radius 3 is 2.41 bits per heavy atom. The minimum Gasteiger partial charge on any atom is -0.326 e. The molecule has 3 heterocycles. The van der Waals surface area contributed by atoms with Crippen molar-refractivity contribution in [3.05, 3.63) is 77.1 Å². The molecule has 4 aromatic rings. The standard InChI is InChI=1S/C24H19N5O3/c1-13-5-4-6-18(11-13)29-22-20(14(2)27-29)21-19(12-25-22)23(31)28(24(21)32)17-9-7-16(8-10-17)26-15(3)30/h4-12H,1-3H3,(H,26,30). The van der Waals surface area contributed by atoms with Gasteiger partial charge in [-0.1, -0.05) is 12.1 Å². The van der Waals surface area contributed by atoms with E-state index in [0.29, 0.717) is 33.7 Å². The number of amides is 3. The molecule has 32 heavy (non-hydrogen) atoms. The minimum atomic E-state index is -0.436. The molecule has 0 spiro atoms. The van der Waals surface area contributed by atoms with Crippen LogP contribution in [0.15, 0.2) is 54.7 Å². The van der Waals surface area contributed by atoms with E-state index in [1.807, 2.05) is 31.2 Å². The van der Waals surface area contributed by atoms with Crippen LogP contribution in [0.3, 0.4) is 0 Å². The van der Waals surface area contributed by atoms with Crippen molar-refractivity contribution < 1.29 is 14.4 Å². The Balaban J connectivity index is 1.61. The van der Waals surface area contributed by atoms with E-state index in [0.717, 1.165) is 16.2 Å². The highest BCUT2D eigenvalue weighted by Gasteiger charge is 2.40. The fraction of sp³-hybridized carbons (Fsp3) is 0.125. The molecule has 8 heteroatoms. The van der Waals surface area contributed by atoms with E-state index in [1.165, 1.54) is 13.1 Å². The van der Waals surface area contributed by atoms with Crippen LogP contribution in [0.4, 0.5) is 11.4 Å². The molecule has 0 saturated heterocycles. The number of hydrogen-bond acceptors (Lipinski definition) is 5. The third-order valence-corrected chi connectivity index (χ3v) is 5.41. The first-order valence-electron chi connectivity index (χ1n) is 10.1. The predicted octanol–water partition coefficient (Wildman–Crippen LogP) is 3.80. The molecule has 3 amide bonds. The normalized spacial score (nSPS) is 13.0. The number of hydrogen-bond donors (Lipinski definition) is 1. The average molecular weight is 425 g/mol. The molecule has 5 rings (SSSR count). The Morgan fingerprint density at radius 1 is 0.969 bits per heavy atom. The number of aromatic nitrogens is 3. The molecular weight excluding hydrogens is 406 g/mol. The fourth-order valence-corrected chi connectivity index (χ4v) is 4.03. The molecule has 1 N–H and O–H groups in total. The van der Waals surface area contributed by atoms with Crippen LogP contribution in [0, 0.1) is 13.8 Å². The molecule has 1 aliphatic heterocycles. The fourth-order valence-electron chi connectivity index (χ4n) is 4.03. The number of anilines is 2. The first kappa shape index (κ1) is 19.6. The molecule has 0 radical (unpaired) electrons. The monoisotopic (exact) mass is 425 g/mol. The summed E-state index contributed by atoms with van der Waals surface area (Å²) in [4.78, 5) is 43.4. The molecule has 1 aliphatic rings. The van der Waals surface area contributed by atoms with Crippen molar-refractivity contribution in [2.24, 2.45) is 0 Å². The maximum Gasteiger partial charge on any atom is 0.267 e. The summed E-state index contributed by atoms with van der Waals surface area (Å²) in [6, 6.07) is 14.4. The quantitative estimate of drug-likeness (QED) is 0.504. The summed E-state index contributed by atoms with van der Waals surface area (Å²) in [5, 5.41) is 7.84. The van der Waals surface area contributed by atoms with Crippen LogP contribution in [-0.4, -0.2) is 32.5 Å². The Labute approximate surface area is 183 Å². The summed E-state index contributed by atoms with van der Waals surface area (Å²) < 4.78 is 1.70. The predicted molar refractivity (Wildman–Crippen MR) is 120 cm³/mol. The number of benzene rings is 2. The number of pyridine rings is 1. The van der Waals surface area contributed by atoms with Crippen molar-refractivity contribution in [3.63, 3.8) is 0 Å². The molecular formula is C24H19N5O3. The lowest BCUT2D eigenvalue weighted by Gasteiger charge is -2.14. The van der Waals surface area contributed by atoms with E-state index in [-0.39, 0.29) is 11.5 Å². The molecule has 8 nitrogen and oxygen atoms in total. The Kier molecular flexibility index (Phi) is 4.37. The number of carbonyl (C=O) groups excluding carboxylic acids is 3. The molecule has 0 fully saturated rings. The highest BCUT2D eigenvalue weighted by atomic mass is 16.2. The second kappa shape index (κ2) is 7.12. The van der Waals surface area contributed by atoms with Crippen molar-refractivity contribution in [3.8, 4) is 5.69 Å². The molecule has 158 valence electrons. The smallest absolute Gasteiger partial charge is 0.267 e. The van der Waals surface area contributed by atoms with Gasteiger partial charge in [-0.25, -0.2) is 14.6 Å². The highest BCUT2D eigenvalue weighted by Crippen LogP contribution is 2.35. The summed E-state index contributed by atoms with van der Waals surface area (Å²) in [5.74, 6) is -1.06.